The largest absolute Gasteiger partial charge is 0.468 e. The highest BCUT2D eigenvalue weighted by atomic mass is 79.9. The number of ether oxygens (including phenoxy) is 1. The molecule has 0 saturated carbocycles. The molecule has 0 fully saturated rings. The second-order valence-corrected chi connectivity index (χ2v) is 4.84. The van der Waals surface area contributed by atoms with E-state index in [1.54, 1.807) is 11.6 Å². The van der Waals surface area contributed by atoms with Crippen molar-refractivity contribution in [1.29, 1.82) is 0 Å². The molecule has 0 saturated heterocycles. The number of halogens is 1. The molecular weight excluding hydrogens is 274 g/mol. The second kappa shape index (κ2) is 4.55. The van der Waals surface area contributed by atoms with E-state index in [9.17, 15) is 4.79 Å². The summed E-state index contributed by atoms with van der Waals surface area (Å²) in [6.45, 7) is 5.72. The minimum absolute atomic E-state index is 0.290. The highest BCUT2D eigenvalue weighted by Crippen LogP contribution is 2.21. The van der Waals surface area contributed by atoms with Gasteiger partial charge >= 0.3 is 5.97 Å². The second-order valence-electron chi connectivity index (χ2n) is 4.05. The van der Waals surface area contributed by atoms with Crippen LogP contribution in [0.4, 0.5) is 0 Å². The number of rotatable bonds is 3. The van der Waals surface area contributed by atoms with Gasteiger partial charge in [0.25, 0.3) is 0 Å². The Labute approximate surface area is 103 Å². The fourth-order valence-electron chi connectivity index (χ4n) is 1.44. The number of aromatic nitrogens is 2. The maximum Gasteiger partial charge on any atom is 0.327 e. The molecule has 1 unspecified atom stereocenters. The van der Waals surface area contributed by atoms with Crippen molar-refractivity contribution in [3.63, 3.8) is 0 Å². The number of aryl methyl sites for hydroxylation is 1. The van der Waals surface area contributed by atoms with Crippen LogP contribution in [0.3, 0.4) is 0 Å². The lowest BCUT2D eigenvalue weighted by Gasteiger charge is -2.21. The van der Waals surface area contributed by atoms with Gasteiger partial charge in [-0.2, -0.15) is 5.10 Å². The summed E-state index contributed by atoms with van der Waals surface area (Å²) in [6, 6.07) is 0. The zero-order valence-electron chi connectivity index (χ0n) is 9.87. The van der Waals surface area contributed by atoms with E-state index < -0.39 is 11.5 Å². The quantitative estimate of drug-likeness (QED) is 0.848. The molecule has 6 heteroatoms. The molecular formula is C10H16BrN3O2. The number of nitrogens with two attached hydrogens (primary N) is 1. The van der Waals surface area contributed by atoms with Gasteiger partial charge in [-0.1, -0.05) is 0 Å². The molecule has 90 valence electrons. The predicted molar refractivity (Wildman–Crippen MR) is 64.0 cm³/mol. The van der Waals surface area contributed by atoms with Gasteiger partial charge in [-0.15, -0.1) is 0 Å². The highest BCUT2D eigenvalue weighted by molar-refractivity contribution is 9.10. The van der Waals surface area contributed by atoms with Gasteiger partial charge in [-0.05, 0) is 36.7 Å². The Bertz CT molecular complexity index is 412. The van der Waals surface area contributed by atoms with Gasteiger partial charge in [0.15, 0.2) is 0 Å². The SMILES string of the molecule is COC(=O)C(C)(N)Cn1nc(C)c(Br)c1C. The van der Waals surface area contributed by atoms with Crippen LogP contribution in [0.25, 0.3) is 0 Å². The summed E-state index contributed by atoms with van der Waals surface area (Å²) in [5, 5.41) is 4.29. The summed E-state index contributed by atoms with van der Waals surface area (Å²) in [7, 11) is 1.32. The zero-order chi connectivity index (χ0) is 12.5. The highest BCUT2D eigenvalue weighted by Gasteiger charge is 2.31. The lowest BCUT2D eigenvalue weighted by atomic mass is 10.1. The van der Waals surface area contributed by atoms with E-state index in [-0.39, 0.29) is 6.54 Å². The lowest BCUT2D eigenvalue weighted by molar-refractivity contribution is -0.147. The number of esters is 1. The molecule has 0 aliphatic carbocycles. The third-order valence-electron chi connectivity index (χ3n) is 2.42. The monoisotopic (exact) mass is 289 g/mol. The van der Waals surface area contributed by atoms with Crippen molar-refractivity contribution in [2.24, 2.45) is 5.73 Å². The average Bonchev–Trinajstić information content (AvgIpc) is 2.44. The molecule has 0 amide bonds. The number of nitrogens with zero attached hydrogens (tertiary/aromatic N) is 2. The topological polar surface area (TPSA) is 70.1 Å². The van der Waals surface area contributed by atoms with E-state index >= 15 is 0 Å². The molecule has 2 N–H and O–H groups in total. The molecule has 0 bridgehead atoms. The number of carbonyl (C=O) groups is 1. The van der Waals surface area contributed by atoms with Crippen molar-refractivity contribution in [3.05, 3.63) is 15.9 Å². The Balaban J connectivity index is 2.96. The predicted octanol–water partition coefficient (Wildman–Crippen LogP) is 1.15. The van der Waals surface area contributed by atoms with Crippen LogP contribution in [0.15, 0.2) is 4.47 Å². The maximum atomic E-state index is 11.4. The van der Waals surface area contributed by atoms with E-state index in [0.29, 0.717) is 0 Å². The first-order valence-corrected chi connectivity index (χ1v) is 5.65. The molecule has 0 aliphatic rings. The van der Waals surface area contributed by atoms with E-state index in [4.69, 9.17) is 5.73 Å². The van der Waals surface area contributed by atoms with Gasteiger partial charge in [-0.3, -0.25) is 9.48 Å². The number of methoxy groups -OCH3 is 1. The molecule has 1 aromatic rings. The van der Waals surface area contributed by atoms with E-state index in [1.807, 2.05) is 13.8 Å². The van der Waals surface area contributed by atoms with Crippen molar-refractivity contribution in [2.45, 2.75) is 32.9 Å². The molecule has 0 aromatic carbocycles. The van der Waals surface area contributed by atoms with Crippen LogP contribution in [0.1, 0.15) is 18.3 Å². The number of hydrogen-bond donors (Lipinski definition) is 1. The van der Waals surface area contributed by atoms with Crippen LogP contribution < -0.4 is 5.73 Å². The average molecular weight is 290 g/mol. The molecule has 0 spiro atoms. The van der Waals surface area contributed by atoms with Crippen molar-refractivity contribution in [2.75, 3.05) is 7.11 Å². The first kappa shape index (κ1) is 13.2. The zero-order valence-corrected chi connectivity index (χ0v) is 11.5. The summed E-state index contributed by atoms with van der Waals surface area (Å²) in [5.41, 5.74) is 6.62. The molecule has 16 heavy (non-hydrogen) atoms. The normalized spacial score (nSPS) is 14.6. The molecule has 1 rings (SSSR count). The van der Waals surface area contributed by atoms with Crippen LogP contribution in [-0.2, 0) is 16.1 Å². The first-order chi connectivity index (χ1) is 7.29. The number of carbonyl (C=O) groups excluding carboxylic acids is 1. The standard InChI is InChI=1S/C10H16BrN3O2/c1-6-8(11)7(2)14(13-6)5-10(3,12)9(15)16-4/h5,12H2,1-4H3. The summed E-state index contributed by atoms with van der Waals surface area (Å²) in [6.07, 6.45) is 0. The van der Waals surface area contributed by atoms with E-state index in [0.717, 1.165) is 15.9 Å². The van der Waals surface area contributed by atoms with Gasteiger partial charge in [0, 0.05) is 5.69 Å². The molecule has 0 aliphatic heterocycles. The van der Waals surface area contributed by atoms with Crippen LogP contribution in [0, 0.1) is 13.8 Å². The van der Waals surface area contributed by atoms with Crippen molar-refractivity contribution in [1.82, 2.24) is 9.78 Å². The van der Waals surface area contributed by atoms with Gasteiger partial charge in [0.2, 0.25) is 0 Å². The molecule has 1 atom stereocenters. The van der Waals surface area contributed by atoms with Gasteiger partial charge in [0.05, 0.1) is 23.8 Å². The van der Waals surface area contributed by atoms with Gasteiger partial charge in [-0.25, -0.2) is 0 Å². The molecule has 1 heterocycles. The summed E-state index contributed by atoms with van der Waals surface area (Å²) >= 11 is 3.42. The van der Waals surface area contributed by atoms with Crippen molar-refractivity contribution in [3.8, 4) is 0 Å². The molecule has 1 aromatic heterocycles. The third-order valence-corrected chi connectivity index (χ3v) is 3.57. The third kappa shape index (κ3) is 2.44. The molecule has 5 nitrogen and oxygen atoms in total. The Kier molecular flexibility index (Phi) is 3.75. The van der Waals surface area contributed by atoms with E-state index in [1.165, 1.54) is 7.11 Å². The minimum Gasteiger partial charge on any atom is -0.468 e. The maximum absolute atomic E-state index is 11.4. The van der Waals surface area contributed by atoms with Gasteiger partial charge in [0.1, 0.15) is 5.54 Å². The Morgan fingerprint density at radius 2 is 2.19 bits per heavy atom. The Morgan fingerprint density at radius 1 is 1.62 bits per heavy atom. The summed E-state index contributed by atoms with van der Waals surface area (Å²) in [5.74, 6) is -0.448. The fourth-order valence-corrected chi connectivity index (χ4v) is 1.72. The summed E-state index contributed by atoms with van der Waals surface area (Å²) < 4.78 is 7.29. The molecule has 0 radical (unpaired) electrons. The van der Waals surface area contributed by atoms with Crippen LogP contribution in [-0.4, -0.2) is 28.4 Å². The Hall–Kier alpha value is -0.880. The van der Waals surface area contributed by atoms with Crippen molar-refractivity contribution < 1.29 is 9.53 Å². The van der Waals surface area contributed by atoms with Crippen LogP contribution >= 0.6 is 15.9 Å². The smallest absolute Gasteiger partial charge is 0.327 e. The van der Waals surface area contributed by atoms with Gasteiger partial charge < -0.3 is 10.5 Å². The first-order valence-electron chi connectivity index (χ1n) is 4.86. The van der Waals surface area contributed by atoms with E-state index in [2.05, 4.69) is 25.8 Å². The fraction of sp³-hybridized carbons (Fsp3) is 0.600. The van der Waals surface area contributed by atoms with Crippen molar-refractivity contribution >= 4 is 21.9 Å². The van der Waals surface area contributed by atoms with Crippen LogP contribution in [0.2, 0.25) is 0 Å². The summed E-state index contributed by atoms with van der Waals surface area (Å²) in [4.78, 5) is 11.4. The lowest BCUT2D eigenvalue weighted by Crippen LogP contribution is -2.49. The Morgan fingerprint density at radius 3 is 2.56 bits per heavy atom. The van der Waals surface area contributed by atoms with Crippen LogP contribution in [0.5, 0.6) is 0 Å². The minimum atomic E-state index is -1.07. The number of hydrogen-bond acceptors (Lipinski definition) is 4.